The summed E-state index contributed by atoms with van der Waals surface area (Å²) < 4.78 is 5.15. The van der Waals surface area contributed by atoms with E-state index in [1.165, 1.54) is 32.1 Å². The van der Waals surface area contributed by atoms with Crippen LogP contribution in [0, 0.1) is 5.41 Å². The molecule has 1 aliphatic rings. The van der Waals surface area contributed by atoms with Gasteiger partial charge in [-0.2, -0.15) is 0 Å². The van der Waals surface area contributed by atoms with Crippen LogP contribution in [0.4, 0.5) is 0 Å². The lowest BCUT2D eigenvalue weighted by Crippen LogP contribution is -2.44. The van der Waals surface area contributed by atoms with Crippen molar-refractivity contribution >= 4 is 0 Å². The molecule has 0 aromatic carbocycles. The highest BCUT2D eigenvalue weighted by Crippen LogP contribution is 2.28. The van der Waals surface area contributed by atoms with E-state index in [1.54, 1.807) is 7.11 Å². The van der Waals surface area contributed by atoms with E-state index >= 15 is 0 Å². The van der Waals surface area contributed by atoms with Crippen molar-refractivity contribution in [3.63, 3.8) is 0 Å². The van der Waals surface area contributed by atoms with Gasteiger partial charge in [-0.05, 0) is 37.6 Å². The van der Waals surface area contributed by atoms with Gasteiger partial charge < -0.3 is 15.8 Å². The zero-order valence-electron chi connectivity index (χ0n) is 12.6. The van der Waals surface area contributed by atoms with Gasteiger partial charge in [0.25, 0.3) is 0 Å². The topological polar surface area (TPSA) is 47.3 Å². The summed E-state index contributed by atoms with van der Waals surface area (Å²) in [4.78, 5) is 0. The van der Waals surface area contributed by atoms with Gasteiger partial charge in [0, 0.05) is 25.8 Å². The van der Waals surface area contributed by atoms with Crippen molar-refractivity contribution in [3.05, 3.63) is 0 Å². The summed E-state index contributed by atoms with van der Waals surface area (Å²) in [6.45, 7) is 7.52. The Kier molecular flexibility index (Phi) is 6.61. The molecule has 3 N–H and O–H groups in total. The molecule has 18 heavy (non-hydrogen) atoms. The first-order valence-electron chi connectivity index (χ1n) is 7.46. The van der Waals surface area contributed by atoms with Crippen LogP contribution in [0.25, 0.3) is 0 Å². The summed E-state index contributed by atoms with van der Waals surface area (Å²) >= 11 is 0. The molecule has 0 saturated heterocycles. The van der Waals surface area contributed by atoms with Gasteiger partial charge in [0.15, 0.2) is 0 Å². The van der Waals surface area contributed by atoms with Gasteiger partial charge in [-0.25, -0.2) is 0 Å². The summed E-state index contributed by atoms with van der Waals surface area (Å²) in [7, 11) is 1.77. The van der Waals surface area contributed by atoms with Crippen LogP contribution in [0.3, 0.4) is 0 Å². The summed E-state index contributed by atoms with van der Waals surface area (Å²) in [6.07, 6.45) is 8.64. The van der Waals surface area contributed by atoms with Crippen molar-refractivity contribution in [2.24, 2.45) is 11.1 Å². The van der Waals surface area contributed by atoms with Gasteiger partial charge in [-0.15, -0.1) is 0 Å². The van der Waals surface area contributed by atoms with E-state index in [2.05, 4.69) is 19.2 Å². The van der Waals surface area contributed by atoms with E-state index in [0.29, 0.717) is 5.41 Å². The van der Waals surface area contributed by atoms with Crippen molar-refractivity contribution in [1.29, 1.82) is 0 Å². The Balaban J connectivity index is 2.13. The molecule has 1 fully saturated rings. The minimum absolute atomic E-state index is 0.113. The fraction of sp³-hybridized carbons (Fsp3) is 1.00. The quantitative estimate of drug-likeness (QED) is 0.656. The van der Waals surface area contributed by atoms with E-state index in [-0.39, 0.29) is 5.54 Å². The maximum absolute atomic E-state index is 6.43. The predicted molar refractivity (Wildman–Crippen MR) is 77.8 cm³/mol. The lowest BCUT2D eigenvalue weighted by Gasteiger charge is -2.34. The number of nitrogens with two attached hydrogens (primary N) is 1. The molecule has 1 aliphatic carbocycles. The molecule has 0 aromatic rings. The average molecular weight is 256 g/mol. The molecular formula is C15H32N2O. The van der Waals surface area contributed by atoms with Crippen molar-refractivity contribution in [1.82, 2.24) is 5.32 Å². The Labute approximate surface area is 113 Å². The zero-order valence-corrected chi connectivity index (χ0v) is 12.6. The molecule has 0 amide bonds. The molecule has 0 aromatic heterocycles. The average Bonchev–Trinajstić information content (AvgIpc) is 2.33. The van der Waals surface area contributed by atoms with E-state index in [9.17, 15) is 0 Å². The second kappa shape index (κ2) is 7.46. The minimum atomic E-state index is 0.113. The summed E-state index contributed by atoms with van der Waals surface area (Å²) in [5.41, 5.74) is 6.85. The van der Waals surface area contributed by atoms with E-state index in [4.69, 9.17) is 10.5 Å². The van der Waals surface area contributed by atoms with Crippen molar-refractivity contribution in [2.45, 2.75) is 64.3 Å². The molecular weight excluding hydrogens is 224 g/mol. The maximum atomic E-state index is 6.43. The number of hydrogen-bond donors (Lipinski definition) is 2. The van der Waals surface area contributed by atoms with Crippen LogP contribution in [-0.4, -0.2) is 32.3 Å². The summed E-state index contributed by atoms with van der Waals surface area (Å²) in [5.74, 6) is 0. The normalized spacial score (nSPS) is 20.0. The van der Waals surface area contributed by atoms with Gasteiger partial charge in [0.2, 0.25) is 0 Å². The molecule has 0 atom stereocenters. The van der Waals surface area contributed by atoms with Gasteiger partial charge in [-0.1, -0.05) is 33.1 Å². The smallest absolute Gasteiger partial charge is 0.0467 e. The molecule has 0 heterocycles. The summed E-state index contributed by atoms with van der Waals surface area (Å²) in [6, 6.07) is 0. The fourth-order valence-electron chi connectivity index (χ4n) is 2.74. The molecule has 0 aliphatic heterocycles. The third kappa shape index (κ3) is 6.17. The number of rotatable bonds is 8. The molecule has 3 nitrogen and oxygen atoms in total. The van der Waals surface area contributed by atoms with Gasteiger partial charge in [-0.3, -0.25) is 0 Å². The second-order valence-corrected chi connectivity index (χ2v) is 6.76. The lowest BCUT2D eigenvalue weighted by atomic mass is 9.80. The monoisotopic (exact) mass is 256 g/mol. The van der Waals surface area contributed by atoms with Crippen LogP contribution < -0.4 is 11.1 Å². The first-order valence-corrected chi connectivity index (χ1v) is 7.46. The minimum Gasteiger partial charge on any atom is -0.385 e. The number of nitrogens with one attached hydrogen (secondary N) is 1. The molecule has 0 unspecified atom stereocenters. The third-order valence-electron chi connectivity index (χ3n) is 4.24. The van der Waals surface area contributed by atoms with Crippen LogP contribution in [-0.2, 0) is 4.74 Å². The van der Waals surface area contributed by atoms with Crippen LogP contribution in [0.5, 0.6) is 0 Å². The van der Waals surface area contributed by atoms with E-state index in [1.807, 2.05) is 0 Å². The highest BCUT2D eigenvalue weighted by Gasteiger charge is 2.26. The highest BCUT2D eigenvalue weighted by molar-refractivity contribution is 4.87. The molecule has 1 saturated carbocycles. The lowest BCUT2D eigenvalue weighted by molar-refractivity contribution is 0.150. The molecule has 0 spiro atoms. The fourth-order valence-corrected chi connectivity index (χ4v) is 2.74. The molecule has 0 bridgehead atoms. The van der Waals surface area contributed by atoms with Crippen LogP contribution in [0.15, 0.2) is 0 Å². The number of ether oxygens (including phenoxy) is 1. The first kappa shape index (κ1) is 15.9. The van der Waals surface area contributed by atoms with Crippen LogP contribution >= 0.6 is 0 Å². The predicted octanol–water partition coefficient (Wildman–Crippen LogP) is 2.69. The standard InChI is InChI=1S/C15H32N2O/c1-14(2,10-12-18-3)13-17-11-9-15(16)7-5-4-6-8-15/h17H,4-13,16H2,1-3H3. The molecule has 108 valence electrons. The Morgan fingerprint density at radius 2 is 1.89 bits per heavy atom. The zero-order chi connectivity index (χ0) is 13.5. The highest BCUT2D eigenvalue weighted by atomic mass is 16.5. The van der Waals surface area contributed by atoms with Crippen LogP contribution in [0.2, 0.25) is 0 Å². The Hall–Kier alpha value is -0.120. The number of hydrogen-bond acceptors (Lipinski definition) is 3. The van der Waals surface area contributed by atoms with Crippen molar-refractivity contribution < 1.29 is 4.74 Å². The van der Waals surface area contributed by atoms with Crippen molar-refractivity contribution in [3.8, 4) is 0 Å². The molecule has 1 rings (SSSR count). The summed E-state index contributed by atoms with van der Waals surface area (Å²) in [5, 5.41) is 3.57. The Morgan fingerprint density at radius 3 is 2.50 bits per heavy atom. The third-order valence-corrected chi connectivity index (χ3v) is 4.24. The largest absolute Gasteiger partial charge is 0.385 e. The second-order valence-electron chi connectivity index (χ2n) is 6.76. The Bertz CT molecular complexity index is 223. The van der Waals surface area contributed by atoms with Gasteiger partial charge in [0.1, 0.15) is 0 Å². The van der Waals surface area contributed by atoms with E-state index < -0.39 is 0 Å². The number of methoxy groups -OCH3 is 1. The Morgan fingerprint density at radius 1 is 1.22 bits per heavy atom. The maximum Gasteiger partial charge on any atom is 0.0467 e. The molecule has 0 radical (unpaired) electrons. The first-order chi connectivity index (χ1) is 8.47. The van der Waals surface area contributed by atoms with Gasteiger partial charge in [0.05, 0.1) is 0 Å². The SMILES string of the molecule is COCCC(C)(C)CNCCC1(N)CCCCC1. The van der Waals surface area contributed by atoms with E-state index in [0.717, 1.165) is 32.5 Å². The van der Waals surface area contributed by atoms with Crippen molar-refractivity contribution in [2.75, 3.05) is 26.8 Å². The molecule has 3 heteroatoms. The van der Waals surface area contributed by atoms with Crippen LogP contribution in [0.1, 0.15) is 58.8 Å². The van der Waals surface area contributed by atoms with Gasteiger partial charge >= 0.3 is 0 Å².